The van der Waals surface area contributed by atoms with Crippen LogP contribution in [-0.4, -0.2) is 34.3 Å². The Hall–Kier alpha value is -2.28. The molecule has 6 nitrogen and oxygen atoms in total. The fourth-order valence-electron chi connectivity index (χ4n) is 2.27. The first-order chi connectivity index (χ1) is 11.6. The molecule has 3 rings (SSSR count). The van der Waals surface area contributed by atoms with Gasteiger partial charge in [-0.2, -0.15) is 0 Å². The maximum absolute atomic E-state index is 11.8. The minimum absolute atomic E-state index is 0.153. The van der Waals surface area contributed by atoms with E-state index in [-0.39, 0.29) is 18.2 Å². The predicted octanol–water partition coefficient (Wildman–Crippen LogP) is 2.56. The number of thioether (sulfide) groups is 1. The second kappa shape index (κ2) is 7.09. The van der Waals surface area contributed by atoms with Crippen LogP contribution in [0.4, 0.5) is 0 Å². The molecule has 24 heavy (non-hydrogen) atoms. The van der Waals surface area contributed by atoms with Crippen LogP contribution in [0, 0.1) is 5.41 Å². The summed E-state index contributed by atoms with van der Waals surface area (Å²) in [6.07, 6.45) is 2.87. The number of aromatic nitrogens is 1. The molecule has 0 saturated heterocycles. The van der Waals surface area contributed by atoms with Gasteiger partial charge in [-0.3, -0.25) is 9.59 Å². The molecule has 0 atom stereocenters. The van der Waals surface area contributed by atoms with E-state index in [1.54, 1.807) is 6.26 Å². The van der Waals surface area contributed by atoms with Gasteiger partial charge in [0.05, 0.1) is 16.9 Å². The third-order valence-corrected chi connectivity index (χ3v) is 4.95. The van der Waals surface area contributed by atoms with Gasteiger partial charge in [0.25, 0.3) is 0 Å². The molecule has 0 bridgehead atoms. The van der Waals surface area contributed by atoms with Crippen LogP contribution in [-0.2, 0) is 15.3 Å². The van der Waals surface area contributed by atoms with Crippen molar-refractivity contribution >= 4 is 23.6 Å². The third kappa shape index (κ3) is 3.97. The van der Waals surface area contributed by atoms with E-state index in [1.165, 1.54) is 11.8 Å². The van der Waals surface area contributed by atoms with E-state index < -0.39 is 11.4 Å². The molecule has 0 spiro atoms. The van der Waals surface area contributed by atoms with E-state index in [9.17, 15) is 9.59 Å². The average molecular weight is 346 g/mol. The summed E-state index contributed by atoms with van der Waals surface area (Å²) < 4.78 is 5.44. The van der Waals surface area contributed by atoms with Crippen LogP contribution in [0.5, 0.6) is 0 Å². The lowest BCUT2D eigenvalue weighted by Crippen LogP contribution is -2.35. The Morgan fingerprint density at radius 1 is 1.29 bits per heavy atom. The van der Waals surface area contributed by atoms with Gasteiger partial charge in [0, 0.05) is 17.9 Å². The predicted molar refractivity (Wildman–Crippen MR) is 90.4 cm³/mol. The Bertz CT molecular complexity index is 725. The quantitative estimate of drug-likeness (QED) is 0.763. The molecule has 2 aromatic rings. The molecular formula is C17H18N2O4S. The highest BCUT2D eigenvalue weighted by Crippen LogP contribution is 2.45. The summed E-state index contributed by atoms with van der Waals surface area (Å²) in [6, 6.07) is 9.61. The Morgan fingerprint density at radius 2 is 2.04 bits per heavy atom. The van der Waals surface area contributed by atoms with Crippen LogP contribution < -0.4 is 5.32 Å². The third-order valence-electron chi connectivity index (χ3n) is 3.99. The monoisotopic (exact) mass is 346 g/mol. The largest absolute Gasteiger partial charge is 0.481 e. The molecule has 1 saturated carbocycles. The van der Waals surface area contributed by atoms with Crippen LogP contribution >= 0.6 is 11.8 Å². The van der Waals surface area contributed by atoms with Crippen LogP contribution in [0.15, 0.2) is 41.0 Å². The van der Waals surface area contributed by atoms with Crippen LogP contribution in [0.3, 0.4) is 0 Å². The highest BCUT2D eigenvalue weighted by atomic mass is 32.2. The highest BCUT2D eigenvalue weighted by molar-refractivity contribution is 7.99. The van der Waals surface area contributed by atoms with E-state index in [0.29, 0.717) is 24.5 Å². The lowest BCUT2D eigenvalue weighted by molar-refractivity contribution is -0.143. The van der Waals surface area contributed by atoms with Gasteiger partial charge >= 0.3 is 5.97 Å². The highest BCUT2D eigenvalue weighted by Gasteiger charge is 2.50. The topological polar surface area (TPSA) is 92.4 Å². The Labute approximate surface area is 143 Å². The summed E-state index contributed by atoms with van der Waals surface area (Å²) in [6.45, 7) is 0.212. The zero-order valence-corrected chi connectivity index (χ0v) is 13.8. The number of carbonyl (C=O) groups excluding carboxylic acids is 1. The molecule has 1 aromatic carbocycles. The van der Waals surface area contributed by atoms with Crippen molar-refractivity contribution in [2.24, 2.45) is 5.41 Å². The Kier molecular flexibility index (Phi) is 4.89. The maximum Gasteiger partial charge on any atom is 0.311 e. The Balaban J connectivity index is 1.41. The fraction of sp³-hybridized carbons (Fsp3) is 0.353. The summed E-state index contributed by atoms with van der Waals surface area (Å²) >= 11 is 1.42. The van der Waals surface area contributed by atoms with Gasteiger partial charge in [0.1, 0.15) is 6.26 Å². The van der Waals surface area contributed by atoms with Crippen molar-refractivity contribution in [2.75, 3.05) is 12.3 Å². The summed E-state index contributed by atoms with van der Waals surface area (Å²) in [5.41, 5.74) is 0.961. The first-order valence-electron chi connectivity index (χ1n) is 7.67. The molecule has 7 heteroatoms. The SMILES string of the molecule is O=C(CSCc1coc(-c2ccccc2)n1)NCC1(C(=O)O)CC1. The first kappa shape index (κ1) is 16.6. The number of hydrogen-bond donors (Lipinski definition) is 2. The Morgan fingerprint density at radius 3 is 2.71 bits per heavy atom. The van der Waals surface area contributed by atoms with Gasteiger partial charge in [-0.15, -0.1) is 11.8 Å². The molecule has 0 aliphatic heterocycles. The molecule has 1 aromatic heterocycles. The van der Waals surface area contributed by atoms with E-state index in [0.717, 1.165) is 11.3 Å². The number of oxazole rings is 1. The van der Waals surface area contributed by atoms with Gasteiger partial charge in [0.15, 0.2) is 0 Å². The number of carboxylic acid groups (broad SMARTS) is 1. The van der Waals surface area contributed by atoms with Crippen molar-refractivity contribution in [3.05, 3.63) is 42.3 Å². The van der Waals surface area contributed by atoms with Gasteiger partial charge < -0.3 is 14.8 Å². The number of carboxylic acids is 1. The number of nitrogens with one attached hydrogen (secondary N) is 1. The van der Waals surface area contributed by atoms with Crippen molar-refractivity contribution in [3.63, 3.8) is 0 Å². The standard InChI is InChI=1S/C17H18N2O4S/c20-14(18-11-17(6-7-17)16(21)22)10-24-9-13-8-23-15(19-13)12-4-2-1-3-5-12/h1-5,8H,6-7,9-11H2,(H,18,20)(H,21,22). The lowest BCUT2D eigenvalue weighted by atomic mass is 10.1. The first-order valence-corrected chi connectivity index (χ1v) is 8.82. The molecular weight excluding hydrogens is 328 g/mol. The van der Waals surface area contributed by atoms with Crippen molar-refractivity contribution < 1.29 is 19.1 Å². The normalized spacial score (nSPS) is 15.0. The molecule has 1 aliphatic carbocycles. The minimum atomic E-state index is -0.827. The van der Waals surface area contributed by atoms with E-state index in [2.05, 4.69) is 10.3 Å². The van der Waals surface area contributed by atoms with Crippen LogP contribution in [0.25, 0.3) is 11.5 Å². The summed E-state index contributed by atoms with van der Waals surface area (Å²) in [7, 11) is 0. The number of benzene rings is 1. The van der Waals surface area contributed by atoms with Crippen molar-refractivity contribution in [3.8, 4) is 11.5 Å². The number of rotatable bonds is 8. The molecule has 1 amide bonds. The summed E-state index contributed by atoms with van der Waals surface area (Å²) in [5, 5.41) is 11.8. The number of amides is 1. The van der Waals surface area contributed by atoms with Gasteiger partial charge in [-0.25, -0.2) is 4.98 Å². The molecule has 1 heterocycles. The number of carbonyl (C=O) groups is 2. The van der Waals surface area contributed by atoms with Gasteiger partial charge in [-0.1, -0.05) is 18.2 Å². The molecule has 0 unspecified atom stereocenters. The van der Waals surface area contributed by atoms with E-state index in [4.69, 9.17) is 9.52 Å². The second-order valence-corrected chi connectivity index (χ2v) is 6.85. The molecule has 0 radical (unpaired) electrons. The number of nitrogens with zero attached hydrogens (tertiary/aromatic N) is 1. The minimum Gasteiger partial charge on any atom is -0.481 e. The van der Waals surface area contributed by atoms with E-state index >= 15 is 0 Å². The lowest BCUT2D eigenvalue weighted by Gasteiger charge is -2.10. The zero-order valence-electron chi connectivity index (χ0n) is 13.0. The van der Waals surface area contributed by atoms with Crippen molar-refractivity contribution in [1.29, 1.82) is 0 Å². The molecule has 1 aliphatic rings. The number of aliphatic carboxylic acids is 1. The van der Waals surface area contributed by atoms with Gasteiger partial charge in [-0.05, 0) is 25.0 Å². The fourth-order valence-corrected chi connectivity index (χ4v) is 3.00. The van der Waals surface area contributed by atoms with Crippen LogP contribution in [0.1, 0.15) is 18.5 Å². The summed E-state index contributed by atoms with van der Waals surface area (Å²) in [4.78, 5) is 27.2. The zero-order chi connectivity index (χ0) is 17.0. The van der Waals surface area contributed by atoms with Crippen molar-refractivity contribution in [1.82, 2.24) is 10.3 Å². The van der Waals surface area contributed by atoms with Crippen LogP contribution in [0.2, 0.25) is 0 Å². The second-order valence-electron chi connectivity index (χ2n) is 5.87. The van der Waals surface area contributed by atoms with Crippen molar-refractivity contribution in [2.45, 2.75) is 18.6 Å². The molecule has 126 valence electrons. The van der Waals surface area contributed by atoms with Gasteiger partial charge in [0.2, 0.25) is 11.8 Å². The summed E-state index contributed by atoms with van der Waals surface area (Å²) in [5.74, 6) is 0.412. The molecule has 2 N–H and O–H groups in total. The number of hydrogen-bond acceptors (Lipinski definition) is 5. The maximum atomic E-state index is 11.8. The molecule has 1 fully saturated rings. The van der Waals surface area contributed by atoms with E-state index in [1.807, 2.05) is 30.3 Å². The smallest absolute Gasteiger partial charge is 0.311 e. The average Bonchev–Trinajstić information content (AvgIpc) is 3.25.